The summed E-state index contributed by atoms with van der Waals surface area (Å²) in [5, 5.41) is 17.2. The van der Waals surface area contributed by atoms with Crippen molar-refractivity contribution in [1.29, 1.82) is 0 Å². The van der Waals surface area contributed by atoms with Gasteiger partial charge in [0, 0.05) is 32.0 Å². The molecule has 1 fully saturated rings. The number of carbonyl (C=O) groups is 1. The summed E-state index contributed by atoms with van der Waals surface area (Å²) in [7, 11) is 0. The number of fused-ring (bicyclic) bond motifs is 1. The van der Waals surface area contributed by atoms with Gasteiger partial charge in [-0.15, -0.1) is 0 Å². The number of ether oxygens (including phenoxy) is 1. The van der Waals surface area contributed by atoms with E-state index in [0.717, 1.165) is 0 Å². The van der Waals surface area contributed by atoms with E-state index in [9.17, 15) is 9.90 Å². The van der Waals surface area contributed by atoms with Crippen LogP contribution in [0.15, 0.2) is 24.8 Å². The summed E-state index contributed by atoms with van der Waals surface area (Å²) in [5.41, 5.74) is 0.0673. The van der Waals surface area contributed by atoms with Gasteiger partial charge in [-0.25, -0.2) is 4.52 Å². The van der Waals surface area contributed by atoms with Gasteiger partial charge in [-0.3, -0.25) is 9.78 Å². The number of hydrogen-bond acceptors (Lipinski definition) is 5. The van der Waals surface area contributed by atoms with Gasteiger partial charge in [0.15, 0.2) is 0 Å². The lowest BCUT2D eigenvalue weighted by atomic mass is 9.96. The van der Waals surface area contributed by atoms with Crippen molar-refractivity contribution in [2.75, 3.05) is 13.2 Å². The van der Waals surface area contributed by atoms with Crippen LogP contribution in [0.25, 0.3) is 5.52 Å². The lowest BCUT2D eigenvalue weighted by molar-refractivity contribution is -0.0251. The fraction of sp³-hybridized carbons (Fsp3) is 0.462. The van der Waals surface area contributed by atoms with E-state index in [1.54, 1.807) is 30.0 Å². The zero-order valence-electron chi connectivity index (χ0n) is 11.1. The second-order valence-electron chi connectivity index (χ2n) is 5.01. The minimum atomic E-state index is -1.00. The second kappa shape index (κ2) is 4.84. The number of nitrogens with one attached hydrogen (secondary N) is 1. The average Bonchev–Trinajstić information content (AvgIpc) is 3.01. The number of nitrogens with zero attached hydrogens (tertiary/aromatic N) is 3. The monoisotopic (exact) mass is 276 g/mol. The summed E-state index contributed by atoms with van der Waals surface area (Å²) in [6, 6.07) is 0. The maximum absolute atomic E-state index is 12.2. The normalized spacial score (nSPS) is 26.0. The fourth-order valence-electron chi connectivity index (χ4n) is 2.34. The van der Waals surface area contributed by atoms with Gasteiger partial charge in [0.1, 0.15) is 5.60 Å². The maximum atomic E-state index is 12.2. The maximum Gasteiger partial charge on any atom is 0.255 e. The third-order valence-corrected chi connectivity index (χ3v) is 3.78. The Kier molecular flexibility index (Phi) is 3.15. The molecule has 20 heavy (non-hydrogen) atoms. The third kappa shape index (κ3) is 2.14. The van der Waals surface area contributed by atoms with E-state index in [1.165, 1.54) is 6.20 Å². The standard InChI is InChI=1S/C13H16N4O3/c1-9-13(19,2-5-20-9)8-15-12(18)10-6-16-17-4-3-14-7-11(10)17/h3-4,6-7,9,19H,2,5,8H2,1H3,(H,15,18). The zero-order chi connectivity index (χ0) is 14.2. The van der Waals surface area contributed by atoms with E-state index in [0.29, 0.717) is 24.1 Å². The number of hydrogen-bond donors (Lipinski definition) is 2. The summed E-state index contributed by atoms with van der Waals surface area (Å²) in [4.78, 5) is 16.2. The molecule has 1 aliphatic rings. The Morgan fingerprint density at radius 2 is 2.50 bits per heavy atom. The molecule has 2 unspecified atom stereocenters. The molecule has 2 N–H and O–H groups in total. The molecule has 0 radical (unpaired) electrons. The van der Waals surface area contributed by atoms with Crippen LogP contribution >= 0.6 is 0 Å². The van der Waals surface area contributed by atoms with Crippen molar-refractivity contribution in [3.05, 3.63) is 30.4 Å². The quantitative estimate of drug-likeness (QED) is 0.823. The number of aliphatic hydroxyl groups is 1. The molecule has 0 aromatic carbocycles. The van der Waals surface area contributed by atoms with Crippen molar-refractivity contribution >= 4 is 11.4 Å². The lowest BCUT2D eigenvalue weighted by Crippen LogP contribution is -2.47. The Hall–Kier alpha value is -1.99. The first-order chi connectivity index (χ1) is 9.60. The molecule has 1 amide bonds. The Balaban J connectivity index is 1.74. The third-order valence-electron chi connectivity index (χ3n) is 3.78. The minimum Gasteiger partial charge on any atom is -0.385 e. The molecule has 7 heteroatoms. The van der Waals surface area contributed by atoms with Crippen molar-refractivity contribution in [3.63, 3.8) is 0 Å². The molecule has 0 aliphatic carbocycles. The Bertz CT molecular complexity index is 641. The molecule has 3 heterocycles. The SMILES string of the molecule is CC1OCCC1(O)CNC(=O)c1cnn2ccncc12. The predicted octanol–water partition coefficient (Wildman–Crippen LogP) is -0.00100. The highest BCUT2D eigenvalue weighted by Gasteiger charge is 2.39. The molecule has 1 saturated heterocycles. The highest BCUT2D eigenvalue weighted by molar-refractivity contribution is 6.00. The average molecular weight is 276 g/mol. The Labute approximate surface area is 115 Å². The van der Waals surface area contributed by atoms with Crippen LogP contribution in [0.1, 0.15) is 23.7 Å². The molecule has 0 spiro atoms. The zero-order valence-corrected chi connectivity index (χ0v) is 11.1. The van der Waals surface area contributed by atoms with Crippen LogP contribution in [-0.2, 0) is 4.74 Å². The van der Waals surface area contributed by atoms with Crippen molar-refractivity contribution in [2.24, 2.45) is 0 Å². The van der Waals surface area contributed by atoms with Crippen molar-refractivity contribution in [3.8, 4) is 0 Å². The molecule has 0 saturated carbocycles. The molecular weight excluding hydrogens is 260 g/mol. The molecule has 3 rings (SSSR count). The first-order valence-electron chi connectivity index (χ1n) is 6.50. The molecular formula is C13H16N4O3. The highest BCUT2D eigenvalue weighted by atomic mass is 16.5. The van der Waals surface area contributed by atoms with Crippen LogP contribution in [0.4, 0.5) is 0 Å². The summed E-state index contributed by atoms with van der Waals surface area (Å²) in [6.45, 7) is 2.47. The second-order valence-corrected chi connectivity index (χ2v) is 5.01. The lowest BCUT2D eigenvalue weighted by Gasteiger charge is -2.25. The Morgan fingerprint density at radius 3 is 3.25 bits per heavy atom. The van der Waals surface area contributed by atoms with E-state index in [1.807, 2.05) is 0 Å². The van der Waals surface area contributed by atoms with Crippen molar-refractivity contribution in [1.82, 2.24) is 19.9 Å². The van der Waals surface area contributed by atoms with Gasteiger partial charge in [0.2, 0.25) is 0 Å². The van der Waals surface area contributed by atoms with Crippen LogP contribution in [-0.4, -0.2) is 50.5 Å². The molecule has 106 valence electrons. The van der Waals surface area contributed by atoms with Gasteiger partial charge >= 0.3 is 0 Å². The van der Waals surface area contributed by atoms with E-state index in [-0.39, 0.29) is 18.6 Å². The summed E-state index contributed by atoms with van der Waals surface area (Å²) in [5.74, 6) is -0.277. The van der Waals surface area contributed by atoms with Crippen molar-refractivity contribution < 1.29 is 14.6 Å². The van der Waals surface area contributed by atoms with Gasteiger partial charge in [0.05, 0.1) is 29.6 Å². The number of amides is 1. The van der Waals surface area contributed by atoms with Gasteiger partial charge < -0.3 is 15.2 Å². The summed E-state index contributed by atoms with van der Waals surface area (Å²) < 4.78 is 6.92. The molecule has 2 aromatic rings. The van der Waals surface area contributed by atoms with Crippen LogP contribution in [0.3, 0.4) is 0 Å². The minimum absolute atomic E-state index is 0.157. The topological polar surface area (TPSA) is 88.8 Å². The van der Waals surface area contributed by atoms with Crippen molar-refractivity contribution in [2.45, 2.75) is 25.0 Å². The van der Waals surface area contributed by atoms with Gasteiger partial charge in [-0.2, -0.15) is 5.10 Å². The summed E-state index contributed by atoms with van der Waals surface area (Å²) >= 11 is 0. The van der Waals surface area contributed by atoms with Gasteiger partial charge in [0.25, 0.3) is 5.91 Å². The summed E-state index contributed by atoms with van der Waals surface area (Å²) in [6.07, 6.45) is 6.58. The van der Waals surface area contributed by atoms with Crippen LogP contribution < -0.4 is 5.32 Å². The number of rotatable bonds is 3. The predicted molar refractivity (Wildman–Crippen MR) is 70.3 cm³/mol. The molecule has 2 atom stereocenters. The van der Waals surface area contributed by atoms with E-state index in [2.05, 4.69) is 15.4 Å². The first kappa shape index (κ1) is 13.0. The van der Waals surface area contributed by atoms with E-state index >= 15 is 0 Å². The smallest absolute Gasteiger partial charge is 0.255 e. The van der Waals surface area contributed by atoms with Gasteiger partial charge in [-0.05, 0) is 6.92 Å². The Morgan fingerprint density at radius 1 is 1.65 bits per heavy atom. The van der Waals surface area contributed by atoms with Crippen LogP contribution in [0.2, 0.25) is 0 Å². The first-order valence-corrected chi connectivity index (χ1v) is 6.50. The van der Waals surface area contributed by atoms with Gasteiger partial charge in [-0.1, -0.05) is 0 Å². The molecule has 7 nitrogen and oxygen atoms in total. The highest BCUT2D eigenvalue weighted by Crippen LogP contribution is 2.24. The molecule has 0 bridgehead atoms. The van der Waals surface area contributed by atoms with E-state index in [4.69, 9.17) is 4.74 Å². The van der Waals surface area contributed by atoms with E-state index < -0.39 is 5.60 Å². The largest absolute Gasteiger partial charge is 0.385 e. The molecule has 1 aliphatic heterocycles. The number of carbonyl (C=O) groups excluding carboxylic acids is 1. The number of aromatic nitrogens is 3. The van der Waals surface area contributed by atoms with Crippen LogP contribution in [0, 0.1) is 0 Å². The van der Waals surface area contributed by atoms with Crippen LogP contribution in [0.5, 0.6) is 0 Å². The molecule has 2 aromatic heterocycles. The fourth-order valence-corrected chi connectivity index (χ4v) is 2.34.